The van der Waals surface area contributed by atoms with Gasteiger partial charge < -0.3 is 10.1 Å². The lowest BCUT2D eigenvalue weighted by Crippen LogP contribution is -2.50. The first-order valence-electron chi connectivity index (χ1n) is 5.75. The number of hydrogen-bond donors (Lipinski definition) is 2. The third-order valence-electron chi connectivity index (χ3n) is 1.84. The summed E-state index contributed by atoms with van der Waals surface area (Å²) in [7, 11) is -3.17. The number of ether oxygens (including phenoxy) is 1. The van der Waals surface area contributed by atoms with Crippen molar-refractivity contribution in [3.63, 3.8) is 0 Å². The van der Waals surface area contributed by atoms with E-state index in [9.17, 15) is 8.42 Å². The summed E-state index contributed by atoms with van der Waals surface area (Å²) in [5.41, 5.74) is -0.627. The van der Waals surface area contributed by atoms with Gasteiger partial charge >= 0.3 is 0 Å². The van der Waals surface area contributed by atoms with Crippen LogP contribution in [0.5, 0.6) is 0 Å². The van der Waals surface area contributed by atoms with Gasteiger partial charge in [-0.05, 0) is 34.6 Å². The monoisotopic (exact) mass is 266 g/mol. The molecule has 6 heteroatoms. The van der Waals surface area contributed by atoms with E-state index in [1.807, 2.05) is 34.6 Å². The molecule has 0 aromatic rings. The van der Waals surface area contributed by atoms with Crippen molar-refractivity contribution in [2.24, 2.45) is 0 Å². The maximum atomic E-state index is 11.1. The van der Waals surface area contributed by atoms with Gasteiger partial charge in [0.2, 0.25) is 10.0 Å². The third kappa shape index (κ3) is 12.1. The van der Waals surface area contributed by atoms with Crippen LogP contribution in [0.2, 0.25) is 0 Å². The minimum Gasteiger partial charge on any atom is -0.375 e. The van der Waals surface area contributed by atoms with Crippen LogP contribution in [-0.2, 0) is 14.8 Å². The largest absolute Gasteiger partial charge is 0.375 e. The molecule has 0 spiro atoms. The van der Waals surface area contributed by atoms with Crippen molar-refractivity contribution >= 4 is 10.0 Å². The highest BCUT2D eigenvalue weighted by molar-refractivity contribution is 7.88. The van der Waals surface area contributed by atoms with Crippen LogP contribution in [0.15, 0.2) is 0 Å². The first-order valence-corrected chi connectivity index (χ1v) is 7.64. The number of hydrogen-bond acceptors (Lipinski definition) is 4. The van der Waals surface area contributed by atoms with E-state index in [4.69, 9.17) is 4.74 Å². The number of rotatable bonds is 7. The molecule has 0 amide bonds. The van der Waals surface area contributed by atoms with Crippen LogP contribution in [0.4, 0.5) is 0 Å². The van der Waals surface area contributed by atoms with E-state index < -0.39 is 15.6 Å². The van der Waals surface area contributed by atoms with Crippen molar-refractivity contribution < 1.29 is 13.2 Å². The maximum absolute atomic E-state index is 11.1. The summed E-state index contributed by atoms with van der Waals surface area (Å²) >= 11 is 0. The lowest BCUT2D eigenvalue weighted by atomic mass is 10.1. The van der Waals surface area contributed by atoms with Crippen molar-refractivity contribution in [3.05, 3.63) is 0 Å². The van der Waals surface area contributed by atoms with E-state index in [-0.39, 0.29) is 5.60 Å². The van der Waals surface area contributed by atoms with Crippen LogP contribution >= 0.6 is 0 Å². The Morgan fingerprint density at radius 2 is 1.65 bits per heavy atom. The quantitative estimate of drug-likeness (QED) is 0.666. The summed E-state index contributed by atoms with van der Waals surface area (Å²) in [6.45, 7) is 11.6. The zero-order valence-electron chi connectivity index (χ0n) is 11.8. The van der Waals surface area contributed by atoms with Crippen molar-refractivity contribution in [2.45, 2.75) is 45.8 Å². The van der Waals surface area contributed by atoms with Gasteiger partial charge in [-0.1, -0.05) is 0 Å². The summed E-state index contributed by atoms with van der Waals surface area (Å²) in [5, 5.41) is 3.17. The second kappa shape index (κ2) is 6.13. The van der Waals surface area contributed by atoms with Gasteiger partial charge in [0.15, 0.2) is 0 Å². The molecule has 104 valence electrons. The van der Waals surface area contributed by atoms with Gasteiger partial charge in [0.1, 0.15) is 0 Å². The first kappa shape index (κ1) is 16.8. The fourth-order valence-corrected chi connectivity index (χ4v) is 2.44. The predicted molar refractivity (Wildman–Crippen MR) is 70.6 cm³/mol. The Labute approximate surface area is 105 Å². The molecule has 0 aliphatic carbocycles. The fraction of sp³-hybridized carbons (Fsp3) is 1.00. The highest BCUT2D eigenvalue weighted by atomic mass is 32.2. The van der Waals surface area contributed by atoms with Gasteiger partial charge in [-0.2, -0.15) is 0 Å². The molecule has 0 aliphatic rings. The van der Waals surface area contributed by atoms with Gasteiger partial charge in [-0.3, -0.25) is 0 Å². The van der Waals surface area contributed by atoms with Crippen LogP contribution in [0.1, 0.15) is 34.6 Å². The van der Waals surface area contributed by atoms with Crippen molar-refractivity contribution in [2.75, 3.05) is 26.0 Å². The van der Waals surface area contributed by atoms with Crippen LogP contribution in [0, 0.1) is 0 Å². The smallest absolute Gasteiger partial charge is 0.209 e. The summed E-state index contributed by atoms with van der Waals surface area (Å²) < 4.78 is 30.3. The molecule has 0 saturated heterocycles. The van der Waals surface area contributed by atoms with E-state index >= 15 is 0 Å². The molecule has 5 nitrogen and oxygen atoms in total. The summed E-state index contributed by atoms with van der Waals surface area (Å²) in [6, 6.07) is 0. The normalized spacial score (nSPS) is 14.0. The topological polar surface area (TPSA) is 67.4 Å². The van der Waals surface area contributed by atoms with E-state index in [1.54, 1.807) is 0 Å². The predicted octanol–water partition coefficient (Wildman–Crippen LogP) is 0.719. The molecule has 0 unspecified atom stereocenters. The zero-order chi connectivity index (χ0) is 13.7. The Morgan fingerprint density at radius 3 is 2.06 bits per heavy atom. The lowest BCUT2D eigenvalue weighted by molar-refractivity contribution is -0.00104. The molecule has 0 saturated carbocycles. The minimum absolute atomic E-state index is 0.137. The van der Waals surface area contributed by atoms with Crippen molar-refractivity contribution in [1.82, 2.24) is 10.0 Å². The van der Waals surface area contributed by atoms with E-state index in [0.717, 1.165) is 6.26 Å². The molecule has 17 heavy (non-hydrogen) atoms. The highest BCUT2D eigenvalue weighted by Gasteiger charge is 2.21. The SMILES string of the molecule is CC(C)(CNCCOC(C)(C)C)NS(C)(=O)=O. The average Bonchev–Trinajstić information content (AvgIpc) is 1.95. The molecule has 0 aromatic heterocycles. The Kier molecular flexibility index (Phi) is 6.07. The van der Waals surface area contributed by atoms with Gasteiger partial charge in [-0.25, -0.2) is 13.1 Å². The number of sulfonamides is 1. The molecule has 0 atom stereocenters. The molecule has 0 heterocycles. The summed E-state index contributed by atoms with van der Waals surface area (Å²) in [4.78, 5) is 0. The van der Waals surface area contributed by atoms with Crippen LogP contribution in [0.3, 0.4) is 0 Å². The Morgan fingerprint density at radius 1 is 1.12 bits per heavy atom. The van der Waals surface area contributed by atoms with Crippen LogP contribution in [0.25, 0.3) is 0 Å². The molecule has 0 fully saturated rings. The van der Waals surface area contributed by atoms with E-state index in [0.29, 0.717) is 19.7 Å². The summed E-state index contributed by atoms with van der Waals surface area (Å²) in [6.07, 6.45) is 1.16. The van der Waals surface area contributed by atoms with Gasteiger partial charge in [0.25, 0.3) is 0 Å². The second-order valence-electron chi connectivity index (χ2n) is 5.90. The minimum atomic E-state index is -3.17. The van der Waals surface area contributed by atoms with Crippen molar-refractivity contribution in [3.8, 4) is 0 Å². The maximum Gasteiger partial charge on any atom is 0.209 e. The molecular weight excluding hydrogens is 240 g/mol. The Bertz CT molecular complexity index is 318. The molecule has 0 bridgehead atoms. The second-order valence-corrected chi connectivity index (χ2v) is 7.64. The standard InChI is InChI=1S/C11H26N2O3S/c1-10(2,3)16-8-7-12-9-11(4,5)13-17(6,14)15/h12-13H,7-9H2,1-6H3. The summed E-state index contributed by atoms with van der Waals surface area (Å²) in [5.74, 6) is 0. The van der Waals surface area contributed by atoms with Crippen molar-refractivity contribution in [1.29, 1.82) is 0 Å². The molecule has 2 N–H and O–H groups in total. The highest BCUT2D eigenvalue weighted by Crippen LogP contribution is 2.05. The van der Waals surface area contributed by atoms with Crippen LogP contribution < -0.4 is 10.0 Å². The molecule has 0 rings (SSSR count). The molecule has 0 aliphatic heterocycles. The Hall–Kier alpha value is -0.170. The molecule has 0 radical (unpaired) electrons. The first-order chi connectivity index (χ1) is 7.41. The van der Waals surface area contributed by atoms with Gasteiger partial charge in [-0.15, -0.1) is 0 Å². The molecule has 0 aromatic carbocycles. The van der Waals surface area contributed by atoms with E-state index in [1.165, 1.54) is 0 Å². The third-order valence-corrected chi connectivity index (χ3v) is 2.77. The fourth-order valence-electron chi connectivity index (χ4n) is 1.37. The van der Waals surface area contributed by atoms with Crippen LogP contribution in [-0.4, -0.2) is 45.5 Å². The molecular formula is C11H26N2O3S. The average molecular weight is 266 g/mol. The number of nitrogens with one attached hydrogen (secondary N) is 2. The zero-order valence-corrected chi connectivity index (χ0v) is 12.6. The lowest BCUT2D eigenvalue weighted by Gasteiger charge is -2.26. The van der Waals surface area contributed by atoms with E-state index in [2.05, 4.69) is 10.0 Å². The Balaban J connectivity index is 3.81. The van der Waals surface area contributed by atoms with Gasteiger partial charge in [0.05, 0.1) is 18.5 Å². The van der Waals surface area contributed by atoms with Gasteiger partial charge in [0, 0.05) is 18.6 Å².